The first kappa shape index (κ1) is 21.3. The van der Waals surface area contributed by atoms with E-state index in [-0.39, 0.29) is 12.0 Å². The minimum atomic E-state index is -0.316. The molecular formula is C22H23IN4O2. The number of ether oxygens (including phenoxy) is 1. The van der Waals surface area contributed by atoms with Crippen molar-refractivity contribution in [3.05, 3.63) is 45.2 Å². The summed E-state index contributed by atoms with van der Waals surface area (Å²) in [6.45, 7) is 8.27. The average molecular weight is 502 g/mol. The van der Waals surface area contributed by atoms with Gasteiger partial charge in [-0.05, 0) is 91.6 Å². The summed E-state index contributed by atoms with van der Waals surface area (Å²) in [7, 11) is 1.68. The number of amides is 1. The Kier molecular flexibility index (Phi) is 6.55. The first-order valence-corrected chi connectivity index (χ1v) is 10.3. The number of methoxy groups -OCH3 is 1. The van der Waals surface area contributed by atoms with Crippen molar-refractivity contribution in [1.82, 2.24) is 14.8 Å². The molecule has 0 aliphatic heterocycles. The summed E-state index contributed by atoms with van der Waals surface area (Å²) in [6.07, 6.45) is 1.75. The topological polar surface area (TPSA) is 60.2 Å². The number of aryl methyl sites for hydroxylation is 2. The number of hydrogen-bond donors (Lipinski definition) is 0. The Bertz CT molecular complexity index is 1130. The number of halogens is 1. The maximum Gasteiger partial charge on any atom is 0.308 e. The Hall–Kier alpha value is -2.44. The van der Waals surface area contributed by atoms with Crippen LogP contribution >= 0.6 is 22.6 Å². The largest absolute Gasteiger partial charge is 0.380 e. The Balaban J connectivity index is 2.11. The Morgan fingerprint density at radius 2 is 2.07 bits per heavy atom. The highest BCUT2D eigenvalue weighted by Gasteiger charge is 2.21. The van der Waals surface area contributed by atoms with Crippen molar-refractivity contribution >= 4 is 51.0 Å². The lowest BCUT2D eigenvalue weighted by atomic mass is 10.1. The van der Waals surface area contributed by atoms with Crippen LogP contribution in [-0.4, -0.2) is 33.9 Å². The number of rotatable bonds is 5. The summed E-state index contributed by atoms with van der Waals surface area (Å²) >= 11 is 2.30. The van der Waals surface area contributed by atoms with Gasteiger partial charge in [0.15, 0.2) is 0 Å². The summed E-state index contributed by atoms with van der Waals surface area (Å²) in [5, 5.41) is 4.42. The van der Waals surface area contributed by atoms with Crippen LogP contribution in [0.5, 0.6) is 0 Å². The zero-order valence-electron chi connectivity index (χ0n) is 17.2. The fourth-order valence-corrected chi connectivity index (χ4v) is 3.67. The molecule has 0 saturated carbocycles. The summed E-state index contributed by atoms with van der Waals surface area (Å²) in [4.78, 5) is 19.2. The number of aromatic nitrogens is 3. The SMILES string of the molecule is CC#CC(=O)N(c1ccc2c(cnn2CC(C)OC)n1)c1cc(C)c(I)cc1C. The normalized spacial score (nSPS) is 11.8. The van der Waals surface area contributed by atoms with Crippen molar-refractivity contribution < 1.29 is 9.53 Å². The first-order valence-electron chi connectivity index (χ1n) is 9.24. The van der Waals surface area contributed by atoms with E-state index in [1.807, 2.05) is 43.7 Å². The molecular weight excluding hydrogens is 479 g/mol. The number of fused-ring (bicyclic) bond motifs is 1. The fourth-order valence-electron chi connectivity index (χ4n) is 3.05. The molecule has 2 heterocycles. The van der Waals surface area contributed by atoms with E-state index in [0.29, 0.717) is 17.9 Å². The molecule has 1 atom stereocenters. The average Bonchev–Trinajstić information content (AvgIpc) is 3.08. The summed E-state index contributed by atoms with van der Waals surface area (Å²) in [5.41, 5.74) is 4.46. The van der Waals surface area contributed by atoms with E-state index in [2.05, 4.69) is 45.6 Å². The van der Waals surface area contributed by atoms with Gasteiger partial charge in [-0.25, -0.2) is 4.98 Å². The Morgan fingerprint density at radius 3 is 2.76 bits per heavy atom. The number of anilines is 2. The molecule has 0 radical (unpaired) electrons. The quantitative estimate of drug-likeness (QED) is 0.384. The van der Waals surface area contributed by atoms with Crippen LogP contribution in [0, 0.1) is 29.3 Å². The van der Waals surface area contributed by atoms with E-state index < -0.39 is 0 Å². The van der Waals surface area contributed by atoms with Gasteiger partial charge in [-0.15, -0.1) is 0 Å². The Labute approximate surface area is 184 Å². The van der Waals surface area contributed by atoms with Gasteiger partial charge < -0.3 is 4.74 Å². The molecule has 6 nitrogen and oxygen atoms in total. The lowest BCUT2D eigenvalue weighted by Crippen LogP contribution is -2.26. The maximum atomic E-state index is 12.9. The molecule has 0 aliphatic rings. The van der Waals surface area contributed by atoms with Crippen LogP contribution in [0.1, 0.15) is 25.0 Å². The van der Waals surface area contributed by atoms with Gasteiger partial charge in [0.05, 0.1) is 30.0 Å². The van der Waals surface area contributed by atoms with Crippen molar-refractivity contribution in [2.75, 3.05) is 12.0 Å². The Morgan fingerprint density at radius 1 is 1.31 bits per heavy atom. The maximum absolute atomic E-state index is 12.9. The third-order valence-electron chi connectivity index (χ3n) is 4.70. The highest BCUT2D eigenvalue weighted by Crippen LogP contribution is 2.31. The standard InChI is InChI=1S/C22H23IN4O2/c1-6-7-22(28)27(20-11-14(2)17(23)10-15(20)3)21-9-8-19-18(25-21)12-24-26(19)13-16(4)29-5/h8-12,16H,13H2,1-5H3. The van der Waals surface area contributed by atoms with Gasteiger partial charge in [0.25, 0.3) is 0 Å². The van der Waals surface area contributed by atoms with E-state index in [1.165, 1.54) is 0 Å². The molecule has 3 rings (SSSR count). The molecule has 29 heavy (non-hydrogen) atoms. The highest BCUT2D eigenvalue weighted by atomic mass is 127. The third kappa shape index (κ3) is 4.43. The second kappa shape index (κ2) is 8.93. The molecule has 0 spiro atoms. The van der Waals surface area contributed by atoms with Crippen LogP contribution < -0.4 is 4.90 Å². The minimum Gasteiger partial charge on any atom is -0.380 e. The van der Waals surface area contributed by atoms with Gasteiger partial charge in [0, 0.05) is 10.7 Å². The summed E-state index contributed by atoms with van der Waals surface area (Å²) in [6, 6.07) is 7.83. The number of benzene rings is 1. The van der Waals surface area contributed by atoms with E-state index in [4.69, 9.17) is 9.72 Å². The molecule has 7 heteroatoms. The molecule has 1 unspecified atom stereocenters. The van der Waals surface area contributed by atoms with Crippen molar-refractivity contribution in [2.45, 2.75) is 40.3 Å². The number of carbonyl (C=O) groups excluding carboxylic acids is 1. The molecule has 2 aromatic heterocycles. The first-order chi connectivity index (χ1) is 13.8. The smallest absolute Gasteiger partial charge is 0.308 e. The molecule has 0 N–H and O–H groups in total. The van der Waals surface area contributed by atoms with E-state index in [9.17, 15) is 4.79 Å². The van der Waals surface area contributed by atoms with E-state index in [0.717, 1.165) is 25.9 Å². The van der Waals surface area contributed by atoms with Crippen LogP contribution in [0.3, 0.4) is 0 Å². The molecule has 1 aromatic carbocycles. The van der Waals surface area contributed by atoms with Crippen LogP contribution in [0.4, 0.5) is 11.5 Å². The molecule has 3 aromatic rings. The van der Waals surface area contributed by atoms with Crippen molar-refractivity contribution in [2.24, 2.45) is 0 Å². The molecule has 0 bridgehead atoms. The lowest BCUT2D eigenvalue weighted by molar-refractivity contribution is -0.112. The number of carbonyl (C=O) groups is 1. The van der Waals surface area contributed by atoms with Crippen molar-refractivity contribution in [3.8, 4) is 11.8 Å². The minimum absolute atomic E-state index is 0.0353. The number of nitrogens with zero attached hydrogens (tertiary/aromatic N) is 4. The third-order valence-corrected chi connectivity index (χ3v) is 5.86. The van der Waals surface area contributed by atoms with E-state index >= 15 is 0 Å². The van der Waals surface area contributed by atoms with Gasteiger partial charge in [0.2, 0.25) is 0 Å². The van der Waals surface area contributed by atoms with Crippen LogP contribution in [-0.2, 0) is 16.1 Å². The zero-order chi connectivity index (χ0) is 21.1. The van der Waals surface area contributed by atoms with Crippen LogP contribution in [0.25, 0.3) is 11.0 Å². The molecule has 150 valence electrons. The zero-order valence-corrected chi connectivity index (χ0v) is 19.3. The van der Waals surface area contributed by atoms with Crippen LogP contribution in [0.15, 0.2) is 30.5 Å². The van der Waals surface area contributed by atoms with Gasteiger partial charge in [-0.2, -0.15) is 5.10 Å². The predicted molar refractivity (Wildman–Crippen MR) is 123 cm³/mol. The second-order valence-corrected chi connectivity index (χ2v) is 8.01. The van der Waals surface area contributed by atoms with Gasteiger partial charge >= 0.3 is 5.91 Å². The fraction of sp³-hybridized carbons (Fsp3) is 0.318. The van der Waals surface area contributed by atoms with Gasteiger partial charge in [-0.3, -0.25) is 14.4 Å². The molecule has 0 saturated heterocycles. The van der Waals surface area contributed by atoms with E-state index in [1.54, 1.807) is 25.1 Å². The molecule has 0 aliphatic carbocycles. The van der Waals surface area contributed by atoms with Crippen LogP contribution in [0.2, 0.25) is 0 Å². The lowest BCUT2D eigenvalue weighted by Gasteiger charge is -2.22. The number of pyridine rings is 1. The van der Waals surface area contributed by atoms with Crippen molar-refractivity contribution in [1.29, 1.82) is 0 Å². The highest BCUT2D eigenvalue weighted by molar-refractivity contribution is 14.1. The molecule has 1 amide bonds. The number of hydrogen-bond acceptors (Lipinski definition) is 4. The summed E-state index contributed by atoms with van der Waals surface area (Å²) in [5.74, 6) is 5.56. The second-order valence-electron chi connectivity index (χ2n) is 6.85. The predicted octanol–water partition coefficient (Wildman–Crippen LogP) is 4.38. The van der Waals surface area contributed by atoms with Gasteiger partial charge in [0.1, 0.15) is 11.3 Å². The van der Waals surface area contributed by atoms with Crippen molar-refractivity contribution in [3.63, 3.8) is 0 Å². The van der Waals surface area contributed by atoms with Gasteiger partial charge in [-0.1, -0.05) is 5.92 Å². The monoisotopic (exact) mass is 502 g/mol. The summed E-state index contributed by atoms with van der Waals surface area (Å²) < 4.78 is 8.34. The molecule has 0 fully saturated rings.